The highest BCUT2D eigenvalue weighted by molar-refractivity contribution is 5.73. The fourth-order valence-electron chi connectivity index (χ4n) is 2.37. The topological polar surface area (TPSA) is 38.3 Å². The zero-order chi connectivity index (χ0) is 11.5. The Hall–Kier alpha value is -1.51. The molecule has 0 heterocycles. The van der Waals surface area contributed by atoms with Crippen molar-refractivity contribution in [1.82, 2.24) is 5.32 Å². The number of amides is 1. The lowest BCUT2D eigenvalue weighted by Crippen LogP contribution is -2.37. The summed E-state index contributed by atoms with van der Waals surface area (Å²) in [6.07, 6.45) is 2.88. The van der Waals surface area contributed by atoms with Gasteiger partial charge in [-0.1, -0.05) is 12.1 Å². The monoisotopic (exact) mass is 219 g/mol. The average molecular weight is 219 g/mol. The van der Waals surface area contributed by atoms with Crippen molar-refractivity contribution in [2.45, 2.75) is 32.2 Å². The summed E-state index contributed by atoms with van der Waals surface area (Å²) >= 11 is 0. The molecule has 0 saturated heterocycles. The number of nitrogens with one attached hydrogen (secondary N) is 1. The summed E-state index contributed by atoms with van der Waals surface area (Å²) in [4.78, 5) is 11.0. The van der Waals surface area contributed by atoms with Gasteiger partial charge in [0.15, 0.2) is 0 Å². The van der Waals surface area contributed by atoms with E-state index >= 15 is 0 Å². The minimum atomic E-state index is 0.0522. The van der Waals surface area contributed by atoms with Gasteiger partial charge < -0.3 is 10.1 Å². The number of benzene rings is 1. The highest BCUT2D eigenvalue weighted by Gasteiger charge is 2.21. The summed E-state index contributed by atoms with van der Waals surface area (Å²) in [6, 6.07) is 6.40. The summed E-state index contributed by atoms with van der Waals surface area (Å²) in [5, 5.41) is 2.98. The average Bonchev–Trinajstić information content (AvgIpc) is 2.27. The lowest BCUT2D eigenvalue weighted by Gasteiger charge is -2.26. The van der Waals surface area contributed by atoms with E-state index in [-0.39, 0.29) is 11.9 Å². The first kappa shape index (κ1) is 11.0. The first-order valence-electron chi connectivity index (χ1n) is 5.62. The maximum atomic E-state index is 11.0. The van der Waals surface area contributed by atoms with Crippen molar-refractivity contribution in [1.29, 1.82) is 0 Å². The van der Waals surface area contributed by atoms with Gasteiger partial charge in [-0.05, 0) is 36.5 Å². The lowest BCUT2D eigenvalue weighted by atomic mass is 9.87. The molecule has 16 heavy (non-hydrogen) atoms. The van der Waals surface area contributed by atoms with Gasteiger partial charge in [-0.3, -0.25) is 4.79 Å². The number of ether oxygens (including phenoxy) is 1. The van der Waals surface area contributed by atoms with E-state index in [9.17, 15) is 4.79 Å². The van der Waals surface area contributed by atoms with Gasteiger partial charge in [-0.2, -0.15) is 0 Å². The molecule has 86 valence electrons. The van der Waals surface area contributed by atoms with Crippen molar-refractivity contribution in [3.63, 3.8) is 0 Å². The van der Waals surface area contributed by atoms with Crippen molar-refractivity contribution in [2.24, 2.45) is 0 Å². The third-order valence-corrected chi connectivity index (χ3v) is 3.07. The summed E-state index contributed by atoms with van der Waals surface area (Å²) in [5.41, 5.74) is 2.59. The van der Waals surface area contributed by atoms with Gasteiger partial charge in [0, 0.05) is 13.0 Å². The molecule has 0 radical (unpaired) electrons. The van der Waals surface area contributed by atoms with Gasteiger partial charge in [-0.25, -0.2) is 0 Å². The summed E-state index contributed by atoms with van der Waals surface area (Å²) in [5.74, 6) is 1.02. The number of methoxy groups -OCH3 is 1. The molecule has 1 amide bonds. The second-order valence-corrected chi connectivity index (χ2v) is 4.24. The Morgan fingerprint density at radius 2 is 2.31 bits per heavy atom. The molecule has 0 aromatic heterocycles. The highest BCUT2D eigenvalue weighted by atomic mass is 16.5. The number of carbonyl (C=O) groups excluding carboxylic acids is 1. The second kappa shape index (κ2) is 4.56. The molecule has 0 saturated carbocycles. The second-order valence-electron chi connectivity index (χ2n) is 4.24. The van der Waals surface area contributed by atoms with Crippen LogP contribution in [0.25, 0.3) is 0 Å². The minimum Gasteiger partial charge on any atom is -0.496 e. The van der Waals surface area contributed by atoms with Gasteiger partial charge in [0.25, 0.3) is 0 Å². The lowest BCUT2D eigenvalue weighted by molar-refractivity contribution is -0.119. The van der Waals surface area contributed by atoms with Crippen LogP contribution in [0.3, 0.4) is 0 Å². The Labute approximate surface area is 95.8 Å². The van der Waals surface area contributed by atoms with Gasteiger partial charge >= 0.3 is 0 Å². The first-order valence-corrected chi connectivity index (χ1v) is 5.62. The first-order chi connectivity index (χ1) is 7.70. The largest absolute Gasteiger partial charge is 0.496 e. The molecule has 3 heteroatoms. The molecule has 1 aromatic carbocycles. The third-order valence-electron chi connectivity index (χ3n) is 3.07. The Kier molecular flexibility index (Phi) is 3.13. The molecule has 2 rings (SSSR count). The molecule has 1 atom stereocenters. The zero-order valence-corrected chi connectivity index (χ0v) is 9.75. The molecule has 0 bridgehead atoms. The van der Waals surface area contributed by atoms with E-state index in [1.165, 1.54) is 11.1 Å². The van der Waals surface area contributed by atoms with Crippen LogP contribution in [0.2, 0.25) is 0 Å². The zero-order valence-electron chi connectivity index (χ0n) is 9.75. The van der Waals surface area contributed by atoms with E-state index in [0.29, 0.717) is 0 Å². The fourth-order valence-corrected chi connectivity index (χ4v) is 2.37. The van der Waals surface area contributed by atoms with Crippen LogP contribution in [-0.2, 0) is 17.6 Å². The molecular formula is C13H17NO2. The molecule has 1 aliphatic carbocycles. The Bertz CT molecular complexity index is 401. The maximum Gasteiger partial charge on any atom is 0.217 e. The molecule has 0 spiro atoms. The summed E-state index contributed by atoms with van der Waals surface area (Å²) in [7, 11) is 1.70. The van der Waals surface area contributed by atoms with E-state index in [1.807, 2.05) is 12.1 Å². The molecule has 0 fully saturated rings. The summed E-state index contributed by atoms with van der Waals surface area (Å²) in [6.45, 7) is 1.57. The molecule has 0 unspecified atom stereocenters. The predicted octanol–water partition coefficient (Wildman–Crippen LogP) is 1.69. The van der Waals surface area contributed by atoms with Crippen LogP contribution >= 0.6 is 0 Å². The molecular weight excluding hydrogens is 202 g/mol. The SMILES string of the molecule is COc1cccc2c1CC[C@H](NC(C)=O)C2. The third kappa shape index (κ3) is 2.18. The smallest absolute Gasteiger partial charge is 0.217 e. The number of fused-ring (bicyclic) bond motifs is 1. The van der Waals surface area contributed by atoms with E-state index in [2.05, 4.69) is 11.4 Å². The van der Waals surface area contributed by atoms with Crippen LogP contribution in [0.15, 0.2) is 18.2 Å². The van der Waals surface area contributed by atoms with Gasteiger partial charge in [0.05, 0.1) is 7.11 Å². The van der Waals surface area contributed by atoms with Crippen molar-refractivity contribution < 1.29 is 9.53 Å². The van der Waals surface area contributed by atoms with E-state index in [0.717, 1.165) is 25.0 Å². The fraction of sp³-hybridized carbons (Fsp3) is 0.462. The minimum absolute atomic E-state index is 0.0522. The van der Waals surface area contributed by atoms with E-state index in [4.69, 9.17) is 4.74 Å². The quantitative estimate of drug-likeness (QED) is 0.822. The summed E-state index contributed by atoms with van der Waals surface area (Å²) < 4.78 is 5.34. The van der Waals surface area contributed by atoms with Crippen molar-refractivity contribution in [2.75, 3.05) is 7.11 Å². The van der Waals surface area contributed by atoms with Crippen LogP contribution < -0.4 is 10.1 Å². The van der Waals surface area contributed by atoms with Gasteiger partial charge in [0.1, 0.15) is 5.75 Å². The van der Waals surface area contributed by atoms with Crippen LogP contribution in [-0.4, -0.2) is 19.1 Å². The van der Waals surface area contributed by atoms with Crippen LogP contribution in [0, 0.1) is 0 Å². The molecule has 1 aromatic rings. The standard InChI is InChI=1S/C13H17NO2/c1-9(15)14-11-6-7-12-10(8-11)4-3-5-13(12)16-2/h3-5,11H,6-8H2,1-2H3,(H,14,15)/t11-/m0/s1. The predicted molar refractivity (Wildman–Crippen MR) is 62.6 cm³/mol. The number of hydrogen-bond acceptors (Lipinski definition) is 2. The van der Waals surface area contributed by atoms with Gasteiger partial charge in [-0.15, -0.1) is 0 Å². The van der Waals surface area contributed by atoms with E-state index in [1.54, 1.807) is 14.0 Å². The Balaban J connectivity index is 2.18. The maximum absolute atomic E-state index is 11.0. The van der Waals surface area contributed by atoms with Crippen LogP contribution in [0.5, 0.6) is 5.75 Å². The molecule has 1 N–H and O–H groups in total. The van der Waals surface area contributed by atoms with Crippen molar-refractivity contribution >= 4 is 5.91 Å². The molecule has 1 aliphatic rings. The molecule has 0 aliphatic heterocycles. The Morgan fingerprint density at radius 1 is 1.50 bits per heavy atom. The Morgan fingerprint density at radius 3 is 3.00 bits per heavy atom. The van der Waals surface area contributed by atoms with Gasteiger partial charge in [0.2, 0.25) is 5.91 Å². The normalized spacial score (nSPS) is 18.8. The van der Waals surface area contributed by atoms with E-state index < -0.39 is 0 Å². The number of hydrogen-bond donors (Lipinski definition) is 1. The van der Waals surface area contributed by atoms with Crippen molar-refractivity contribution in [3.8, 4) is 5.75 Å². The number of rotatable bonds is 2. The number of carbonyl (C=O) groups is 1. The highest BCUT2D eigenvalue weighted by Crippen LogP contribution is 2.29. The van der Waals surface area contributed by atoms with Crippen molar-refractivity contribution in [3.05, 3.63) is 29.3 Å². The van der Waals surface area contributed by atoms with Crippen LogP contribution in [0.1, 0.15) is 24.5 Å². The molecule has 3 nitrogen and oxygen atoms in total. The van der Waals surface area contributed by atoms with Crippen LogP contribution in [0.4, 0.5) is 0 Å².